The van der Waals surface area contributed by atoms with E-state index in [0.717, 1.165) is 12.6 Å². The van der Waals surface area contributed by atoms with Crippen molar-refractivity contribution in [2.45, 2.75) is 44.7 Å². The fourth-order valence-corrected chi connectivity index (χ4v) is 2.06. The second-order valence-corrected chi connectivity index (χ2v) is 4.14. The first kappa shape index (κ1) is 7.56. The van der Waals surface area contributed by atoms with E-state index in [4.69, 9.17) is 0 Å². The Morgan fingerprint density at radius 3 is 3.15 bits per heavy atom. The first-order valence-electron chi connectivity index (χ1n) is 5.22. The van der Waals surface area contributed by atoms with Crippen LogP contribution in [0.5, 0.6) is 0 Å². The zero-order valence-electron chi connectivity index (χ0n) is 7.77. The number of rotatable bonds is 3. The molecule has 13 heavy (non-hydrogen) atoms. The van der Waals surface area contributed by atoms with Crippen LogP contribution in [0.1, 0.15) is 36.2 Å². The van der Waals surface area contributed by atoms with Crippen molar-refractivity contribution >= 4 is 0 Å². The Morgan fingerprint density at radius 1 is 1.38 bits per heavy atom. The molecule has 1 aromatic rings. The van der Waals surface area contributed by atoms with E-state index in [1.807, 2.05) is 0 Å². The predicted octanol–water partition coefficient (Wildman–Crippen LogP) is 1.15. The highest BCUT2D eigenvalue weighted by Gasteiger charge is 2.23. The van der Waals surface area contributed by atoms with Crippen LogP contribution in [-0.4, -0.2) is 16.2 Å². The molecule has 0 bridgehead atoms. The number of hydrogen-bond donors (Lipinski definition) is 2. The lowest BCUT2D eigenvalue weighted by Gasteiger charge is -2.00. The van der Waals surface area contributed by atoms with Gasteiger partial charge in [0.05, 0.1) is 5.69 Å². The van der Waals surface area contributed by atoms with Crippen LogP contribution in [0.4, 0.5) is 0 Å². The zero-order valence-corrected chi connectivity index (χ0v) is 7.77. The van der Waals surface area contributed by atoms with Crippen molar-refractivity contribution in [1.82, 2.24) is 15.5 Å². The average Bonchev–Trinajstić information content (AvgIpc) is 2.72. The summed E-state index contributed by atoms with van der Waals surface area (Å²) in [7, 11) is 0. The highest BCUT2D eigenvalue weighted by atomic mass is 15.1. The minimum Gasteiger partial charge on any atom is -0.308 e. The summed E-state index contributed by atoms with van der Waals surface area (Å²) < 4.78 is 0. The van der Waals surface area contributed by atoms with E-state index in [1.165, 1.54) is 49.1 Å². The first-order valence-corrected chi connectivity index (χ1v) is 5.22. The van der Waals surface area contributed by atoms with Crippen LogP contribution in [0.2, 0.25) is 0 Å². The molecular weight excluding hydrogens is 162 g/mol. The van der Waals surface area contributed by atoms with Gasteiger partial charge in [0.2, 0.25) is 0 Å². The fraction of sp³-hybridized carbons (Fsp3) is 0.700. The SMILES string of the molecule is C1Cc2[nH]nc(CNC3CC3)c2C1. The molecule has 1 fully saturated rings. The number of aromatic nitrogens is 2. The van der Waals surface area contributed by atoms with Gasteiger partial charge in [0.25, 0.3) is 0 Å². The largest absolute Gasteiger partial charge is 0.308 e. The number of aromatic amines is 1. The molecule has 0 aliphatic heterocycles. The van der Waals surface area contributed by atoms with E-state index in [2.05, 4.69) is 15.5 Å². The first-order chi connectivity index (χ1) is 6.43. The third kappa shape index (κ3) is 1.37. The average molecular weight is 177 g/mol. The van der Waals surface area contributed by atoms with E-state index in [9.17, 15) is 0 Å². The molecule has 3 rings (SSSR count). The van der Waals surface area contributed by atoms with Crippen LogP contribution >= 0.6 is 0 Å². The lowest BCUT2D eigenvalue weighted by molar-refractivity contribution is 0.665. The van der Waals surface area contributed by atoms with Crippen molar-refractivity contribution in [1.29, 1.82) is 0 Å². The van der Waals surface area contributed by atoms with E-state index in [-0.39, 0.29) is 0 Å². The van der Waals surface area contributed by atoms with Crippen molar-refractivity contribution < 1.29 is 0 Å². The maximum absolute atomic E-state index is 4.35. The van der Waals surface area contributed by atoms with Gasteiger partial charge in [-0.3, -0.25) is 5.10 Å². The Kier molecular flexibility index (Phi) is 1.65. The van der Waals surface area contributed by atoms with Crippen molar-refractivity contribution in [3.05, 3.63) is 17.0 Å². The monoisotopic (exact) mass is 177 g/mol. The standard InChI is InChI=1S/C10H15N3/c1-2-8-9(3-1)12-13-10(8)6-11-7-4-5-7/h7,11H,1-6H2,(H,12,13). The van der Waals surface area contributed by atoms with Gasteiger partial charge >= 0.3 is 0 Å². The second-order valence-electron chi connectivity index (χ2n) is 4.14. The van der Waals surface area contributed by atoms with E-state index in [0.29, 0.717) is 0 Å². The van der Waals surface area contributed by atoms with Gasteiger partial charge in [-0.2, -0.15) is 5.10 Å². The third-order valence-corrected chi connectivity index (χ3v) is 3.03. The number of nitrogens with one attached hydrogen (secondary N) is 2. The maximum atomic E-state index is 4.35. The number of nitrogens with zero attached hydrogens (tertiary/aromatic N) is 1. The molecule has 70 valence electrons. The Bertz CT molecular complexity index is 312. The molecule has 0 aromatic carbocycles. The third-order valence-electron chi connectivity index (χ3n) is 3.03. The molecule has 0 unspecified atom stereocenters. The summed E-state index contributed by atoms with van der Waals surface area (Å²) >= 11 is 0. The summed E-state index contributed by atoms with van der Waals surface area (Å²) in [6.07, 6.45) is 6.44. The fourth-order valence-electron chi connectivity index (χ4n) is 2.06. The molecule has 2 N–H and O–H groups in total. The number of fused-ring (bicyclic) bond motifs is 1. The van der Waals surface area contributed by atoms with Crippen LogP contribution in [0.15, 0.2) is 0 Å². The predicted molar refractivity (Wildman–Crippen MR) is 50.5 cm³/mol. The van der Waals surface area contributed by atoms with Gasteiger partial charge in [-0.1, -0.05) is 0 Å². The number of hydrogen-bond acceptors (Lipinski definition) is 2. The topological polar surface area (TPSA) is 40.7 Å². The summed E-state index contributed by atoms with van der Waals surface area (Å²) in [5.74, 6) is 0. The van der Waals surface area contributed by atoms with Crippen LogP contribution in [0.25, 0.3) is 0 Å². The molecule has 1 saturated carbocycles. The molecule has 2 aliphatic rings. The number of aryl methyl sites for hydroxylation is 1. The van der Waals surface area contributed by atoms with Crippen LogP contribution in [0.3, 0.4) is 0 Å². The van der Waals surface area contributed by atoms with Gasteiger partial charge in [0.15, 0.2) is 0 Å². The molecule has 3 nitrogen and oxygen atoms in total. The Morgan fingerprint density at radius 2 is 2.31 bits per heavy atom. The molecule has 0 amide bonds. The van der Waals surface area contributed by atoms with Crippen molar-refractivity contribution in [3.8, 4) is 0 Å². The van der Waals surface area contributed by atoms with Gasteiger partial charge < -0.3 is 5.32 Å². The molecule has 1 heterocycles. The van der Waals surface area contributed by atoms with Gasteiger partial charge in [-0.15, -0.1) is 0 Å². The minimum atomic E-state index is 0.786. The molecule has 1 aromatic heterocycles. The molecule has 3 heteroatoms. The van der Waals surface area contributed by atoms with Crippen molar-refractivity contribution in [2.24, 2.45) is 0 Å². The Balaban J connectivity index is 1.72. The molecule has 0 spiro atoms. The van der Waals surface area contributed by atoms with Gasteiger partial charge in [-0.25, -0.2) is 0 Å². The molecule has 0 radical (unpaired) electrons. The lowest BCUT2D eigenvalue weighted by atomic mass is 10.2. The van der Waals surface area contributed by atoms with Gasteiger partial charge in [0.1, 0.15) is 0 Å². The highest BCUT2D eigenvalue weighted by Crippen LogP contribution is 2.24. The lowest BCUT2D eigenvalue weighted by Crippen LogP contribution is -2.16. The summed E-state index contributed by atoms with van der Waals surface area (Å²) in [4.78, 5) is 0. The summed E-state index contributed by atoms with van der Waals surface area (Å²) in [5, 5.41) is 11.0. The highest BCUT2D eigenvalue weighted by molar-refractivity contribution is 5.29. The van der Waals surface area contributed by atoms with Gasteiger partial charge in [0, 0.05) is 18.3 Å². The zero-order chi connectivity index (χ0) is 8.67. The van der Waals surface area contributed by atoms with E-state index < -0.39 is 0 Å². The Hall–Kier alpha value is -0.830. The molecule has 2 aliphatic carbocycles. The normalized spacial score (nSPS) is 20.6. The van der Waals surface area contributed by atoms with Crippen molar-refractivity contribution in [3.63, 3.8) is 0 Å². The Labute approximate surface area is 77.9 Å². The minimum absolute atomic E-state index is 0.786. The second kappa shape index (κ2) is 2.84. The van der Waals surface area contributed by atoms with Crippen LogP contribution < -0.4 is 5.32 Å². The van der Waals surface area contributed by atoms with E-state index in [1.54, 1.807) is 0 Å². The van der Waals surface area contributed by atoms with Crippen LogP contribution in [0, 0.1) is 0 Å². The van der Waals surface area contributed by atoms with Crippen LogP contribution in [-0.2, 0) is 19.4 Å². The summed E-state index contributed by atoms with van der Waals surface area (Å²) in [5.41, 5.74) is 4.14. The maximum Gasteiger partial charge on any atom is 0.0794 e. The van der Waals surface area contributed by atoms with E-state index >= 15 is 0 Å². The summed E-state index contributed by atoms with van der Waals surface area (Å²) in [6.45, 7) is 0.969. The quantitative estimate of drug-likeness (QED) is 0.727. The number of H-pyrrole nitrogens is 1. The summed E-state index contributed by atoms with van der Waals surface area (Å²) in [6, 6.07) is 0.786. The van der Waals surface area contributed by atoms with Crippen molar-refractivity contribution in [2.75, 3.05) is 0 Å². The smallest absolute Gasteiger partial charge is 0.0794 e. The molecule has 0 saturated heterocycles. The molecule has 0 atom stereocenters. The molecular formula is C10H15N3. The van der Waals surface area contributed by atoms with Gasteiger partial charge in [-0.05, 0) is 37.7 Å².